The standard InChI is InChI=1S/C13H10BrCl2N/c14-12-6-5-11(7-13(12)16)17-8-9-1-3-10(15)4-2-9/h1-7,17H,8H2. The third kappa shape index (κ3) is 3.63. The third-order valence-electron chi connectivity index (χ3n) is 2.33. The Labute approximate surface area is 119 Å². The van der Waals surface area contributed by atoms with Crippen LogP contribution in [0, 0.1) is 0 Å². The molecule has 17 heavy (non-hydrogen) atoms. The predicted molar refractivity (Wildman–Crippen MR) is 77.9 cm³/mol. The monoisotopic (exact) mass is 329 g/mol. The molecular weight excluding hydrogens is 321 g/mol. The van der Waals surface area contributed by atoms with Gasteiger partial charge in [0.2, 0.25) is 0 Å². The summed E-state index contributed by atoms with van der Waals surface area (Å²) in [6, 6.07) is 13.5. The molecule has 1 N–H and O–H groups in total. The van der Waals surface area contributed by atoms with Crippen LogP contribution < -0.4 is 5.32 Å². The lowest BCUT2D eigenvalue weighted by atomic mass is 10.2. The molecule has 0 amide bonds. The SMILES string of the molecule is Clc1ccc(CNc2ccc(Br)c(Cl)c2)cc1. The van der Waals surface area contributed by atoms with Crippen LogP contribution in [-0.2, 0) is 6.54 Å². The van der Waals surface area contributed by atoms with Crippen molar-refractivity contribution in [2.45, 2.75) is 6.54 Å². The zero-order valence-electron chi connectivity index (χ0n) is 8.88. The van der Waals surface area contributed by atoms with Crippen molar-refractivity contribution >= 4 is 44.8 Å². The highest BCUT2D eigenvalue weighted by molar-refractivity contribution is 9.10. The molecule has 0 saturated carbocycles. The van der Waals surface area contributed by atoms with Crippen LogP contribution in [0.2, 0.25) is 10.0 Å². The lowest BCUT2D eigenvalue weighted by molar-refractivity contribution is 1.15. The highest BCUT2D eigenvalue weighted by Gasteiger charge is 1.99. The van der Waals surface area contributed by atoms with E-state index in [0.717, 1.165) is 21.7 Å². The average Bonchev–Trinajstić information content (AvgIpc) is 2.33. The normalized spacial score (nSPS) is 10.3. The maximum Gasteiger partial charge on any atom is 0.0568 e. The van der Waals surface area contributed by atoms with E-state index in [-0.39, 0.29) is 0 Å². The second-order valence-corrected chi connectivity index (χ2v) is 5.31. The van der Waals surface area contributed by atoms with Crippen LogP contribution in [0.1, 0.15) is 5.56 Å². The van der Waals surface area contributed by atoms with Crippen molar-refractivity contribution in [2.24, 2.45) is 0 Å². The van der Waals surface area contributed by atoms with Crippen molar-refractivity contribution in [1.29, 1.82) is 0 Å². The minimum absolute atomic E-state index is 0.700. The van der Waals surface area contributed by atoms with Crippen molar-refractivity contribution in [2.75, 3.05) is 5.32 Å². The minimum atomic E-state index is 0.700. The van der Waals surface area contributed by atoms with Crippen LogP contribution in [0.5, 0.6) is 0 Å². The zero-order valence-corrected chi connectivity index (χ0v) is 12.0. The van der Waals surface area contributed by atoms with Gasteiger partial charge in [-0.15, -0.1) is 0 Å². The molecule has 0 spiro atoms. The Hall–Kier alpha value is -0.700. The summed E-state index contributed by atoms with van der Waals surface area (Å²) in [6.45, 7) is 0.745. The number of anilines is 1. The fourth-order valence-corrected chi connectivity index (χ4v) is 1.97. The van der Waals surface area contributed by atoms with E-state index in [9.17, 15) is 0 Å². The number of nitrogens with one attached hydrogen (secondary N) is 1. The van der Waals surface area contributed by atoms with Gasteiger partial charge in [0, 0.05) is 21.7 Å². The van der Waals surface area contributed by atoms with E-state index in [1.807, 2.05) is 42.5 Å². The maximum atomic E-state index is 6.01. The fourth-order valence-electron chi connectivity index (χ4n) is 1.41. The average molecular weight is 331 g/mol. The second kappa shape index (κ2) is 5.76. The Morgan fingerprint density at radius 1 is 1.00 bits per heavy atom. The smallest absolute Gasteiger partial charge is 0.0568 e. The van der Waals surface area contributed by atoms with Crippen molar-refractivity contribution in [3.8, 4) is 0 Å². The molecule has 0 aliphatic heterocycles. The first-order chi connectivity index (χ1) is 8.15. The minimum Gasteiger partial charge on any atom is -0.381 e. The molecule has 0 saturated heterocycles. The maximum absolute atomic E-state index is 6.01. The van der Waals surface area contributed by atoms with Gasteiger partial charge in [0.25, 0.3) is 0 Å². The quantitative estimate of drug-likeness (QED) is 0.797. The molecule has 88 valence electrons. The Kier molecular flexibility index (Phi) is 4.32. The fraction of sp³-hybridized carbons (Fsp3) is 0.0769. The lowest BCUT2D eigenvalue weighted by Gasteiger charge is -2.07. The van der Waals surface area contributed by atoms with Crippen LogP contribution in [0.4, 0.5) is 5.69 Å². The summed E-state index contributed by atoms with van der Waals surface area (Å²) < 4.78 is 0.899. The summed E-state index contributed by atoms with van der Waals surface area (Å²) >= 11 is 15.2. The number of halogens is 3. The molecule has 0 atom stereocenters. The van der Waals surface area contributed by atoms with E-state index in [2.05, 4.69) is 21.2 Å². The van der Waals surface area contributed by atoms with Gasteiger partial charge in [-0.05, 0) is 51.8 Å². The molecular formula is C13H10BrCl2N. The van der Waals surface area contributed by atoms with Crippen LogP contribution in [-0.4, -0.2) is 0 Å². The van der Waals surface area contributed by atoms with E-state index in [0.29, 0.717) is 5.02 Å². The van der Waals surface area contributed by atoms with Crippen molar-refractivity contribution in [3.05, 3.63) is 62.5 Å². The summed E-state index contributed by atoms with van der Waals surface area (Å²) in [5.41, 5.74) is 2.17. The molecule has 0 bridgehead atoms. The second-order valence-electron chi connectivity index (χ2n) is 3.61. The Bertz CT molecular complexity index is 511. The summed E-state index contributed by atoms with van der Waals surface area (Å²) in [5.74, 6) is 0. The van der Waals surface area contributed by atoms with Crippen molar-refractivity contribution in [3.63, 3.8) is 0 Å². The van der Waals surface area contributed by atoms with Gasteiger partial charge in [-0.3, -0.25) is 0 Å². The summed E-state index contributed by atoms with van der Waals surface area (Å²) in [7, 11) is 0. The lowest BCUT2D eigenvalue weighted by Crippen LogP contribution is -1.98. The van der Waals surface area contributed by atoms with Crippen LogP contribution in [0.25, 0.3) is 0 Å². The van der Waals surface area contributed by atoms with E-state index in [4.69, 9.17) is 23.2 Å². The van der Waals surface area contributed by atoms with Crippen LogP contribution >= 0.6 is 39.1 Å². The first kappa shape index (κ1) is 12.7. The molecule has 2 rings (SSSR count). The Balaban J connectivity index is 2.02. The Morgan fingerprint density at radius 3 is 2.35 bits per heavy atom. The number of rotatable bonds is 3. The molecule has 1 nitrogen and oxygen atoms in total. The van der Waals surface area contributed by atoms with Gasteiger partial charge in [0.1, 0.15) is 0 Å². The molecule has 0 heterocycles. The van der Waals surface area contributed by atoms with Crippen molar-refractivity contribution < 1.29 is 0 Å². The van der Waals surface area contributed by atoms with Crippen molar-refractivity contribution in [1.82, 2.24) is 0 Å². The van der Waals surface area contributed by atoms with E-state index < -0.39 is 0 Å². The molecule has 0 aromatic heterocycles. The largest absolute Gasteiger partial charge is 0.381 e. The number of hydrogen-bond donors (Lipinski definition) is 1. The molecule has 2 aromatic carbocycles. The summed E-state index contributed by atoms with van der Waals surface area (Å²) in [4.78, 5) is 0. The highest BCUT2D eigenvalue weighted by atomic mass is 79.9. The van der Waals surface area contributed by atoms with E-state index in [1.165, 1.54) is 5.56 Å². The topological polar surface area (TPSA) is 12.0 Å². The molecule has 0 aliphatic carbocycles. The number of benzene rings is 2. The zero-order chi connectivity index (χ0) is 12.3. The first-order valence-electron chi connectivity index (χ1n) is 5.08. The summed E-state index contributed by atoms with van der Waals surface area (Å²) in [5, 5.41) is 4.75. The predicted octanol–water partition coefficient (Wildman–Crippen LogP) is 5.37. The van der Waals surface area contributed by atoms with Gasteiger partial charge in [-0.2, -0.15) is 0 Å². The molecule has 0 aliphatic rings. The molecule has 0 unspecified atom stereocenters. The van der Waals surface area contributed by atoms with Crippen LogP contribution in [0.15, 0.2) is 46.9 Å². The molecule has 2 aromatic rings. The van der Waals surface area contributed by atoms with Gasteiger partial charge in [-0.25, -0.2) is 0 Å². The summed E-state index contributed by atoms with van der Waals surface area (Å²) in [6.07, 6.45) is 0. The Morgan fingerprint density at radius 2 is 1.71 bits per heavy atom. The number of hydrogen-bond acceptors (Lipinski definition) is 1. The van der Waals surface area contributed by atoms with E-state index >= 15 is 0 Å². The van der Waals surface area contributed by atoms with Gasteiger partial charge < -0.3 is 5.32 Å². The molecule has 4 heteroatoms. The van der Waals surface area contributed by atoms with Gasteiger partial charge in [-0.1, -0.05) is 35.3 Å². The third-order valence-corrected chi connectivity index (χ3v) is 3.81. The van der Waals surface area contributed by atoms with Gasteiger partial charge in [0.15, 0.2) is 0 Å². The van der Waals surface area contributed by atoms with Crippen LogP contribution in [0.3, 0.4) is 0 Å². The highest BCUT2D eigenvalue weighted by Crippen LogP contribution is 2.25. The van der Waals surface area contributed by atoms with Gasteiger partial charge in [0.05, 0.1) is 5.02 Å². The molecule has 0 fully saturated rings. The molecule has 0 radical (unpaired) electrons. The first-order valence-corrected chi connectivity index (χ1v) is 6.63. The van der Waals surface area contributed by atoms with Gasteiger partial charge >= 0.3 is 0 Å². The van der Waals surface area contributed by atoms with E-state index in [1.54, 1.807) is 0 Å².